The molecule has 0 aliphatic heterocycles. The molecule has 0 atom stereocenters. The largest absolute Gasteiger partial charge is 0.275 e. The van der Waals surface area contributed by atoms with Gasteiger partial charge in [0, 0.05) is 19.9 Å². The van der Waals surface area contributed by atoms with E-state index in [0.29, 0.717) is 12.8 Å². The third-order valence-corrected chi connectivity index (χ3v) is 1.34. The summed E-state index contributed by atoms with van der Waals surface area (Å²) >= 11 is 0. The average molecular weight is 155 g/mol. The minimum absolute atomic E-state index is 0.0391. The van der Waals surface area contributed by atoms with Gasteiger partial charge in [0.1, 0.15) is 0 Å². The zero-order valence-corrected chi connectivity index (χ0v) is 6.96. The SMILES string of the molecule is C#CCCCC(=O)N(C)OC. The molecule has 0 N–H and O–H groups in total. The lowest BCUT2D eigenvalue weighted by Crippen LogP contribution is -2.24. The zero-order valence-electron chi connectivity index (χ0n) is 6.96. The Kier molecular flexibility index (Phi) is 5.22. The van der Waals surface area contributed by atoms with Crippen molar-refractivity contribution in [3.63, 3.8) is 0 Å². The fraction of sp³-hybridized carbons (Fsp3) is 0.625. The van der Waals surface area contributed by atoms with E-state index >= 15 is 0 Å². The molecule has 0 heterocycles. The summed E-state index contributed by atoms with van der Waals surface area (Å²) in [5.41, 5.74) is 0. The van der Waals surface area contributed by atoms with Crippen molar-refractivity contribution in [1.29, 1.82) is 0 Å². The summed E-state index contributed by atoms with van der Waals surface area (Å²) in [5, 5.41) is 1.20. The second-order valence-corrected chi connectivity index (χ2v) is 2.13. The van der Waals surface area contributed by atoms with Crippen LogP contribution in [0.5, 0.6) is 0 Å². The molecule has 0 bridgehead atoms. The highest BCUT2D eigenvalue weighted by atomic mass is 16.7. The van der Waals surface area contributed by atoms with Gasteiger partial charge in [0.2, 0.25) is 5.91 Å². The molecule has 0 rings (SSSR count). The molecule has 3 nitrogen and oxygen atoms in total. The zero-order chi connectivity index (χ0) is 8.69. The first-order valence-corrected chi connectivity index (χ1v) is 3.46. The predicted octanol–water partition coefficient (Wildman–Crippen LogP) is 0.810. The summed E-state index contributed by atoms with van der Waals surface area (Å²) in [6, 6.07) is 0. The maximum atomic E-state index is 11.0. The number of hydrogen-bond acceptors (Lipinski definition) is 2. The van der Waals surface area contributed by atoms with Gasteiger partial charge in [-0.25, -0.2) is 5.06 Å². The number of hydrogen-bond donors (Lipinski definition) is 0. The molecule has 0 aromatic carbocycles. The molecule has 0 spiro atoms. The van der Waals surface area contributed by atoms with Crippen LogP contribution >= 0.6 is 0 Å². The second kappa shape index (κ2) is 5.75. The maximum absolute atomic E-state index is 11.0. The van der Waals surface area contributed by atoms with Gasteiger partial charge in [-0.15, -0.1) is 12.3 Å². The van der Waals surface area contributed by atoms with Gasteiger partial charge >= 0.3 is 0 Å². The lowest BCUT2D eigenvalue weighted by atomic mass is 10.2. The van der Waals surface area contributed by atoms with E-state index in [0.717, 1.165) is 6.42 Å². The number of amides is 1. The van der Waals surface area contributed by atoms with E-state index in [9.17, 15) is 4.79 Å². The van der Waals surface area contributed by atoms with Crippen molar-refractivity contribution >= 4 is 5.91 Å². The Morgan fingerprint density at radius 2 is 2.36 bits per heavy atom. The predicted molar refractivity (Wildman–Crippen MR) is 42.5 cm³/mol. The van der Waals surface area contributed by atoms with E-state index in [1.165, 1.54) is 12.2 Å². The summed E-state index contributed by atoms with van der Waals surface area (Å²) < 4.78 is 0. The molecule has 11 heavy (non-hydrogen) atoms. The van der Waals surface area contributed by atoms with Gasteiger partial charge in [-0.1, -0.05) is 0 Å². The third kappa shape index (κ3) is 4.40. The lowest BCUT2D eigenvalue weighted by molar-refractivity contribution is -0.168. The number of rotatable bonds is 4. The van der Waals surface area contributed by atoms with Crippen LogP contribution in [-0.2, 0) is 9.63 Å². The first-order valence-electron chi connectivity index (χ1n) is 3.46. The number of nitrogens with zero attached hydrogens (tertiary/aromatic N) is 1. The van der Waals surface area contributed by atoms with Gasteiger partial charge in [0.25, 0.3) is 0 Å². The van der Waals surface area contributed by atoms with Crippen LogP contribution in [0.25, 0.3) is 0 Å². The first-order chi connectivity index (χ1) is 5.22. The van der Waals surface area contributed by atoms with Gasteiger partial charge in [-0.3, -0.25) is 9.63 Å². The Balaban J connectivity index is 3.46. The highest BCUT2D eigenvalue weighted by molar-refractivity contribution is 5.74. The van der Waals surface area contributed by atoms with Crippen molar-refractivity contribution in [3.05, 3.63) is 0 Å². The maximum Gasteiger partial charge on any atom is 0.245 e. The smallest absolute Gasteiger partial charge is 0.245 e. The normalized spacial score (nSPS) is 8.82. The van der Waals surface area contributed by atoms with Gasteiger partial charge in [0.05, 0.1) is 7.11 Å². The Morgan fingerprint density at radius 1 is 1.73 bits per heavy atom. The van der Waals surface area contributed by atoms with Crippen LogP contribution in [0.1, 0.15) is 19.3 Å². The van der Waals surface area contributed by atoms with Crippen LogP contribution in [-0.4, -0.2) is 25.1 Å². The van der Waals surface area contributed by atoms with Crippen LogP contribution in [0.3, 0.4) is 0 Å². The van der Waals surface area contributed by atoms with Gasteiger partial charge in [0.15, 0.2) is 0 Å². The summed E-state index contributed by atoms with van der Waals surface area (Å²) in [6.07, 6.45) is 6.84. The minimum atomic E-state index is -0.0391. The fourth-order valence-electron chi connectivity index (χ4n) is 0.601. The Labute approximate surface area is 67.3 Å². The molecule has 0 aromatic rings. The van der Waals surface area contributed by atoms with Crippen molar-refractivity contribution in [1.82, 2.24) is 5.06 Å². The molecule has 3 heteroatoms. The standard InChI is InChI=1S/C8H13NO2/c1-4-5-6-7-8(10)9(2)11-3/h1H,5-7H2,2-3H3. The molecule has 1 amide bonds. The molecule has 0 radical (unpaired) electrons. The van der Waals surface area contributed by atoms with Crippen LogP contribution < -0.4 is 0 Å². The van der Waals surface area contributed by atoms with Crippen molar-refractivity contribution in [2.45, 2.75) is 19.3 Å². The van der Waals surface area contributed by atoms with E-state index in [4.69, 9.17) is 6.42 Å². The summed E-state index contributed by atoms with van der Waals surface area (Å²) in [6.45, 7) is 0. The van der Waals surface area contributed by atoms with E-state index in [1.807, 2.05) is 0 Å². The lowest BCUT2D eigenvalue weighted by Gasteiger charge is -2.12. The Hall–Kier alpha value is -1.01. The number of carbonyl (C=O) groups excluding carboxylic acids is 1. The highest BCUT2D eigenvalue weighted by Crippen LogP contribution is 1.97. The molecule has 0 aliphatic rings. The molecular formula is C8H13NO2. The monoisotopic (exact) mass is 155 g/mol. The van der Waals surface area contributed by atoms with E-state index in [1.54, 1.807) is 7.05 Å². The van der Waals surface area contributed by atoms with Gasteiger partial charge in [-0.2, -0.15) is 0 Å². The quantitative estimate of drug-likeness (QED) is 0.341. The summed E-state index contributed by atoms with van der Waals surface area (Å²) in [7, 11) is 3.04. The number of unbranched alkanes of at least 4 members (excludes halogenated alkanes) is 1. The molecule has 62 valence electrons. The van der Waals surface area contributed by atoms with Crippen LogP contribution in [0.2, 0.25) is 0 Å². The van der Waals surface area contributed by atoms with Crippen LogP contribution in [0, 0.1) is 12.3 Å². The third-order valence-electron chi connectivity index (χ3n) is 1.34. The summed E-state index contributed by atoms with van der Waals surface area (Å²) in [5.74, 6) is 2.43. The topological polar surface area (TPSA) is 29.5 Å². The van der Waals surface area contributed by atoms with Crippen molar-refractivity contribution < 1.29 is 9.63 Å². The molecule has 0 fully saturated rings. The number of terminal acetylenes is 1. The fourth-order valence-corrected chi connectivity index (χ4v) is 0.601. The van der Waals surface area contributed by atoms with E-state index < -0.39 is 0 Å². The molecule has 0 unspecified atom stereocenters. The first kappa shape index (κ1) is 9.99. The van der Waals surface area contributed by atoms with Crippen LogP contribution in [0.4, 0.5) is 0 Å². The van der Waals surface area contributed by atoms with Gasteiger partial charge < -0.3 is 0 Å². The van der Waals surface area contributed by atoms with Crippen molar-refractivity contribution in [3.8, 4) is 12.3 Å². The van der Waals surface area contributed by atoms with Crippen LogP contribution in [0.15, 0.2) is 0 Å². The van der Waals surface area contributed by atoms with E-state index in [-0.39, 0.29) is 5.91 Å². The molecule has 0 aromatic heterocycles. The summed E-state index contributed by atoms with van der Waals surface area (Å²) in [4.78, 5) is 15.7. The minimum Gasteiger partial charge on any atom is -0.275 e. The van der Waals surface area contributed by atoms with Crippen molar-refractivity contribution in [2.24, 2.45) is 0 Å². The average Bonchev–Trinajstić information content (AvgIpc) is 2.03. The molecule has 0 aliphatic carbocycles. The number of carbonyl (C=O) groups is 1. The second-order valence-electron chi connectivity index (χ2n) is 2.13. The van der Waals surface area contributed by atoms with Crippen molar-refractivity contribution in [2.75, 3.05) is 14.2 Å². The highest BCUT2D eigenvalue weighted by Gasteiger charge is 2.05. The molecule has 0 saturated heterocycles. The van der Waals surface area contributed by atoms with E-state index in [2.05, 4.69) is 10.8 Å². The van der Waals surface area contributed by atoms with Gasteiger partial charge in [-0.05, 0) is 6.42 Å². The number of hydroxylamine groups is 2. The molecule has 0 saturated carbocycles. The Bertz CT molecular complexity index is 160. The molecular weight excluding hydrogens is 142 g/mol. The Morgan fingerprint density at radius 3 is 2.82 bits per heavy atom.